The standard InChI is InChI=1S/C24H26NO2P/c1-27-22-15-8-16-23(24(22)25-17-9-10-19(25)18-26)28(20-11-4-2-5-12-20)21-13-6-3-7-14-21/h2-8,11-16,19,26H,9-10,17-18H2,1H3. The minimum Gasteiger partial charge on any atom is -0.495 e. The van der Waals surface area contributed by atoms with Gasteiger partial charge in [0.15, 0.2) is 0 Å². The largest absolute Gasteiger partial charge is 0.495 e. The van der Waals surface area contributed by atoms with Crippen LogP contribution >= 0.6 is 7.92 Å². The summed E-state index contributed by atoms with van der Waals surface area (Å²) in [6, 6.07) is 28.0. The topological polar surface area (TPSA) is 32.7 Å². The molecule has 0 aliphatic carbocycles. The number of aliphatic hydroxyl groups is 1. The molecular weight excluding hydrogens is 365 g/mol. The maximum atomic E-state index is 9.95. The molecule has 1 heterocycles. The van der Waals surface area contributed by atoms with Crippen LogP contribution in [-0.4, -0.2) is 31.4 Å². The Labute approximate surface area is 168 Å². The number of rotatable bonds is 6. The lowest BCUT2D eigenvalue weighted by Gasteiger charge is -2.32. The highest BCUT2D eigenvalue weighted by Crippen LogP contribution is 2.42. The Bertz CT molecular complexity index is 861. The fraction of sp³-hybridized carbons (Fsp3) is 0.250. The molecule has 0 bridgehead atoms. The number of benzene rings is 3. The lowest BCUT2D eigenvalue weighted by molar-refractivity contribution is 0.266. The van der Waals surface area contributed by atoms with Crippen LogP contribution in [0.2, 0.25) is 0 Å². The van der Waals surface area contributed by atoms with Gasteiger partial charge < -0.3 is 14.7 Å². The number of aliphatic hydroxyl groups excluding tert-OH is 1. The lowest BCUT2D eigenvalue weighted by atomic mass is 10.2. The lowest BCUT2D eigenvalue weighted by Crippen LogP contribution is -2.36. The van der Waals surface area contributed by atoms with Crippen LogP contribution in [0.1, 0.15) is 12.8 Å². The van der Waals surface area contributed by atoms with Gasteiger partial charge in [-0.3, -0.25) is 0 Å². The van der Waals surface area contributed by atoms with Crippen molar-refractivity contribution in [2.75, 3.05) is 25.2 Å². The van der Waals surface area contributed by atoms with Crippen molar-refractivity contribution >= 4 is 29.5 Å². The van der Waals surface area contributed by atoms with Gasteiger partial charge in [-0.15, -0.1) is 0 Å². The zero-order chi connectivity index (χ0) is 19.3. The van der Waals surface area contributed by atoms with E-state index in [1.165, 1.54) is 15.9 Å². The smallest absolute Gasteiger partial charge is 0.142 e. The molecule has 3 aromatic rings. The molecule has 0 saturated carbocycles. The van der Waals surface area contributed by atoms with E-state index in [1.807, 2.05) is 6.07 Å². The van der Waals surface area contributed by atoms with Crippen LogP contribution in [-0.2, 0) is 0 Å². The van der Waals surface area contributed by atoms with Crippen molar-refractivity contribution in [1.82, 2.24) is 0 Å². The summed E-state index contributed by atoms with van der Waals surface area (Å²) >= 11 is 0. The summed E-state index contributed by atoms with van der Waals surface area (Å²) in [6.45, 7) is 1.12. The van der Waals surface area contributed by atoms with E-state index in [9.17, 15) is 5.11 Å². The molecule has 3 nitrogen and oxygen atoms in total. The zero-order valence-electron chi connectivity index (χ0n) is 16.2. The summed E-state index contributed by atoms with van der Waals surface area (Å²) in [5.41, 5.74) is 1.14. The quantitative estimate of drug-likeness (QED) is 0.654. The molecule has 1 N–H and O–H groups in total. The Hall–Kier alpha value is -2.35. The Balaban J connectivity index is 1.92. The maximum Gasteiger partial charge on any atom is 0.142 e. The molecule has 0 amide bonds. The van der Waals surface area contributed by atoms with Gasteiger partial charge in [-0.25, -0.2) is 0 Å². The molecule has 1 unspecified atom stereocenters. The molecule has 1 fully saturated rings. The number of para-hydroxylation sites is 1. The Morgan fingerprint density at radius 1 is 0.929 bits per heavy atom. The van der Waals surface area contributed by atoms with Crippen LogP contribution in [0.25, 0.3) is 0 Å². The van der Waals surface area contributed by atoms with E-state index >= 15 is 0 Å². The summed E-state index contributed by atoms with van der Waals surface area (Å²) in [6.07, 6.45) is 2.11. The summed E-state index contributed by atoms with van der Waals surface area (Å²) in [4.78, 5) is 2.36. The van der Waals surface area contributed by atoms with Crippen molar-refractivity contribution in [3.05, 3.63) is 78.9 Å². The third-order valence-corrected chi connectivity index (χ3v) is 7.81. The van der Waals surface area contributed by atoms with Gasteiger partial charge in [0.1, 0.15) is 5.75 Å². The SMILES string of the molecule is COc1cccc(P(c2ccccc2)c2ccccc2)c1N1CCCC1CO. The second-order valence-corrected chi connectivity index (χ2v) is 9.19. The van der Waals surface area contributed by atoms with Gasteiger partial charge in [0, 0.05) is 11.8 Å². The van der Waals surface area contributed by atoms with Gasteiger partial charge in [0.25, 0.3) is 0 Å². The fourth-order valence-corrected chi connectivity index (χ4v) is 6.53. The van der Waals surface area contributed by atoms with E-state index < -0.39 is 7.92 Å². The van der Waals surface area contributed by atoms with E-state index in [2.05, 4.69) is 77.7 Å². The van der Waals surface area contributed by atoms with E-state index in [-0.39, 0.29) is 12.6 Å². The molecule has 0 radical (unpaired) electrons. The van der Waals surface area contributed by atoms with E-state index in [0.29, 0.717) is 0 Å². The monoisotopic (exact) mass is 391 g/mol. The molecular formula is C24H26NO2P. The van der Waals surface area contributed by atoms with Crippen LogP contribution in [0.4, 0.5) is 5.69 Å². The Morgan fingerprint density at radius 3 is 2.14 bits per heavy atom. The predicted octanol–water partition coefficient (Wildman–Crippen LogP) is 3.41. The first kappa shape index (κ1) is 19.0. The van der Waals surface area contributed by atoms with Crippen molar-refractivity contribution in [3.8, 4) is 5.75 Å². The number of nitrogens with zero attached hydrogens (tertiary/aromatic N) is 1. The molecule has 1 aliphatic rings. The molecule has 1 aliphatic heterocycles. The molecule has 4 heteroatoms. The van der Waals surface area contributed by atoms with Crippen LogP contribution in [0.5, 0.6) is 5.75 Å². The highest BCUT2D eigenvalue weighted by atomic mass is 31.1. The fourth-order valence-electron chi connectivity index (χ4n) is 4.05. The number of hydrogen-bond acceptors (Lipinski definition) is 3. The first-order valence-corrected chi connectivity index (χ1v) is 11.1. The van der Waals surface area contributed by atoms with Crippen molar-refractivity contribution in [2.24, 2.45) is 0 Å². The Morgan fingerprint density at radius 2 is 1.57 bits per heavy atom. The Kier molecular flexibility index (Phi) is 5.95. The van der Waals surface area contributed by atoms with Gasteiger partial charge in [0.05, 0.1) is 25.4 Å². The van der Waals surface area contributed by atoms with Crippen LogP contribution in [0, 0.1) is 0 Å². The molecule has 3 aromatic carbocycles. The molecule has 28 heavy (non-hydrogen) atoms. The first-order chi connectivity index (χ1) is 13.8. The van der Waals surface area contributed by atoms with Gasteiger partial charge in [-0.05, 0) is 37.4 Å². The maximum absolute atomic E-state index is 9.95. The summed E-state index contributed by atoms with van der Waals surface area (Å²) in [7, 11) is 1.00. The average Bonchev–Trinajstić information content (AvgIpc) is 3.24. The zero-order valence-corrected chi connectivity index (χ0v) is 17.1. The summed E-state index contributed by atoms with van der Waals surface area (Å²) in [5, 5.41) is 13.9. The van der Waals surface area contributed by atoms with Gasteiger partial charge in [0.2, 0.25) is 0 Å². The third kappa shape index (κ3) is 3.65. The summed E-state index contributed by atoms with van der Waals surface area (Å²) in [5.74, 6) is 0.886. The van der Waals surface area contributed by atoms with Gasteiger partial charge >= 0.3 is 0 Å². The normalized spacial score (nSPS) is 16.5. The highest BCUT2D eigenvalue weighted by molar-refractivity contribution is 7.80. The second kappa shape index (κ2) is 8.77. The molecule has 0 aromatic heterocycles. The molecule has 0 spiro atoms. The molecule has 1 saturated heterocycles. The van der Waals surface area contributed by atoms with E-state index in [1.54, 1.807) is 7.11 Å². The minimum absolute atomic E-state index is 0.151. The van der Waals surface area contributed by atoms with Crippen molar-refractivity contribution < 1.29 is 9.84 Å². The van der Waals surface area contributed by atoms with Crippen molar-refractivity contribution in [3.63, 3.8) is 0 Å². The number of ether oxygens (including phenoxy) is 1. The molecule has 144 valence electrons. The van der Waals surface area contributed by atoms with Crippen LogP contribution in [0.15, 0.2) is 78.9 Å². The predicted molar refractivity (Wildman–Crippen MR) is 119 cm³/mol. The number of hydrogen-bond donors (Lipinski definition) is 1. The van der Waals surface area contributed by atoms with Crippen LogP contribution < -0.4 is 25.6 Å². The molecule has 1 atom stereocenters. The number of methoxy groups -OCH3 is 1. The average molecular weight is 391 g/mol. The van der Waals surface area contributed by atoms with Gasteiger partial charge in [-0.1, -0.05) is 72.8 Å². The molecule has 4 rings (SSSR count). The third-order valence-electron chi connectivity index (χ3n) is 5.34. The number of anilines is 1. The highest BCUT2D eigenvalue weighted by Gasteiger charge is 2.31. The van der Waals surface area contributed by atoms with Crippen molar-refractivity contribution in [1.29, 1.82) is 0 Å². The van der Waals surface area contributed by atoms with Crippen molar-refractivity contribution in [2.45, 2.75) is 18.9 Å². The summed E-state index contributed by atoms with van der Waals surface area (Å²) < 4.78 is 5.80. The second-order valence-electron chi connectivity index (χ2n) is 7.01. The van der Waals surface area contributed by atoms with E-state index in [4.69, 9.17) is 4.74 Å². The minimum atomic E-state index is -0.732. The van der Waals surface area contributed by atoms with Crippen LogP contribution in [0.3, 0.4) is 0 Å². The van der Waals surface area contributed by atoms with Gasteiger partial charge in [-0.2, -0.15) is 0 Å². The van der Waals surface area contributed by atoms with E-state index in [0.717, 1.165) is 30.8 Å². The first-order valence-electron chi connectivity index (χ1n) is 9.78.